The Labute approximate surface area is 126 Å². The summed E-state index contributed by atoms with van der Waals surface area (Å²) in [5, 5.41) is 0. The van der Waals surface area contributed by atoms with Crippen LogP contribution < -0.4 is 4.74 Å². The maximum absolute atomic E-state index is 12.5. The number of rotatable bonds is 5. The average molecular weight is 282 g/mol. The zero-order valence-corrected chi connectivity index (χ0v) is 13.1. The first-order valence-electron chi connectivity index (χ1n) is 7.27. The fraction of sp³-hybridized carbons (Fsp3) is 0.316. The van der Waals surface area contributed by atoms with Crippen LogP contribution in [0.2, 0.25) is 0 Å². The molecule has 2 aromatic carbocycles. The number of hydrogen-bond donors (Lipinski definition) is 0. The molecule has 0 aliphatic heterocycles. The maximum Gasteiger partial charge on any atom is 0.193 e. The van der Waals surface area contributed by atoms with Crippen molar-refractivity contribution < 1.29 is 9.53 Å². The summed E-state index contributed by atoms with van der Waals surface area (Å²) < 4.78 is 5.17. The van der Waals surface area contributed by atoms with Crippen LogP contribution in [0.5, 0.6) is 5.75 Å². The molecule has 21 heavy (non-hydrogen) atoms. The Morgan fingerprint density at radius 1 is 1.05 bits per heavy atom. The van der Waals surface area contributed by atoms with E-state index in [0.717, 1.165) is 6.42 Å². The van der Waals surface area contributed by atoms with E-state index in [1.165, 1.54) is 5.56 Å². The van der Waals surface area contributed by atoms with Crippen LogP contribution in [0.3, 0.4) is 0 Å². The summed E-state index contributed by atoms with van der Waals surface area (Å²) >= 11 is 0. The van der Waals surface area contributed by atoms with Crippen molar-refractivity contribution >= 4 is 5.78 Å². The molecule has 2 aromatic rings. The van der Waals surface area contributed by atoms with Gasteiger partial charge in [-0.05, 0) is 29.5 Å². The largest absolute Gasteiger partial charge is 0.497 e. The molecular weight excluding hydrogens is 260 g/mol. The average Bonchev–Trinajstić information content (AvgIpc) is 2.54. The van der Waals surface area contributed by atoms with Crippen molar-refractivity contribution in [3.8, 4) is 5.75 Å². The summed E-state index contributed by atoms with van der Waals surface area (Å²) in [6.45, 7) is 6.60. The van der Waals surface area contributed by atoms with Crippen molar-refractivity contribution in [3.63, 3.8) is 0 Å². The molecule has 0 saturated heterocycles. The van der Waals surface area contributed by atoms with Gasteiger partial charge >= 0.3 is 0 Å². The highest BCUT2D eigenvalue weighted by Crippen LogP contribution is 2.27. The fourth-order valence-electron chi connectivity index (χ4n) is 2.21. The van der Waals surface area contributed by atoms with Gasteiger partial charge in [0.2, 0.25) is 0 Å². The number of ketones is 1. The van der Waals surface area contributed by atoms with E-state index in [-0.39, 0.29) is 11.2 Å². The molecule has 2 rings (SSSR count). The molecule has 0 atom stereocenters. The summed E-state index contributed by atoms with van der Waals surface area (Å²) in [7, 11) is 1.60. The standard InChI is InChI=1S/C19H22O2/c1-5-19(2,3)16-11-9-14(10-12-16)18(20)15-7-6-8-17(13-15)21-4/h6-13H,5H2,1-4H3. The molecule has 0 spiro atoms. The molecule has 0 aromatic heterocycles. The molecular formula is C19H22O2. The number of hydrogen-bond acceptors (Lipinski definition) is 2. The minimum atomic E-state index is 0.0229. The van der Waals surface area contributed by atoms with Crippen LogP contribution in [0.1, 0.15) is 48.7 Å². The SMILES string of the molecule is CCC(C)(C)c1ccc(C(=O)c2cccc(OC)c2)cc1. The smallest absolute Gasteiger partial charge is 0.193 e. The highest BCUT2D eigenvalue weighted by molar-refractivity contribution is 6.09. The van der Waals surface area contributed by atoms with Crippen LogP contribution in [0.4, 0.5) is 0 Å². The molecule has 0 aliphatic carbocycles. The maximum atomic E-state index is 12.5. The van der Waals surface area contributed by atoms with E-state index < -0.39 is 0 Å². The van der Waals surface area contributed by atoms with Gasteiger partial charge in [0.05, 0.1) is 7.11 Å². The van der Waals surface area contributed by atoms with Crippen LogP contribution in [-0.4, -0.2) is 12.9 Å². The van der Waals surface area contributed by atoms with Crippen molar-refractivity contribution in [1.82, 2.24) is 0 Å². The number of methoxy groups -OCH3 is 1. The van der Waals surface area contributed by atoms with Gasteiger partial charge in [-0.3, -0.25) is 4.79 Å². The van der Waals surface area contributed by atoms with Crippen molar-refractivity contribution in [2.45, 2.75) is 32.6 Å². The molecule has 0 unspecified atom stereocenters. The third kappa shape index (κ3) is 3.33. The van der Waals surface area contributed by atoms with Crippen molar-refractivity contribution in [2.75, 3.05) is 7.11 Å². The van der Waals surface area contributed by atoms with E-state index in [1.807, 2.05) is 30.3 Å². The van der Waals surface area contributed by atoms with E-state index >= 15 is 0 Å². The van der Waals surface area contributed by atoms with E-state index in [1.54, 1.807) is 13.2 Å². The predicted octanol–water partition coefficient (Wildman–Crippen LogP) is 4.61. The topological polar surface area (TPSA) is 26.3 Å². The third-order valence-corrected chi connectivity index (χ3v) is 4.14. The first-order chi connectivity index (χ1) is 9.97. The van der Waals surface area contributed by atoms with Gasteiger partial charge in [0.25, 0.3) is 0 Å². The Morgan fingerprint density at radius 3 is 2.29 bits per heavy atom. The van der Waals surface area contributed by atoms with Crippen LogP contribution in [-0.2, 0) is 5.41 Å². The summed E-state index contributed by atoms with van der Waals surface area (Å²) in [6, 6.07) is 15.2. The molecule has 110 valence electrons. The Hall–Kier alpha value is -2.09. The second-order valence-corrected chi connectivity index (χ2v) is 5.88. The lowest BCUT2D eigenvalue weighted by molar-refractivity contribution is 0.103. The lowest BCUT2D eigenvalue weighted by atomic mass is 9.82. The van der Waals surface area contributed by atoms with Gasteiger partial charge in [-0.25, -0.2) is 0 Å². The van der Waals surface area contributed by atoms with Crippen molar-refractivity contribution in [1.29, 1.82) is 0 Å². The molecule has 0 amide bonds. The Kier molecular flexibility index (Phi) is 4.46. The van der Waals surface area contributed by atoms with E-state index in [2.05, 4.69) is 32.9 Å². The van der Waals surface area contributed by atoms with Crippen LogP contribution in [0.25, 0.3) is 0 Å². The Balaban J connectivity index is 2.28. The fourth-order valence-corrected chi connectivity index (χ4v) is 2.21. The predicted molar refractivity (Wildman–Crippen MR) is 86.2 cm³/mol. The second-order valence-electron chi connectivity index (χ2n) is 5.88. The minimum Gasteiger partial charge on any atom is -0.497 e. The highest BCUT2D eigenvalue weighted by atomic mass is 16.5. The lowest BCUT2D eigenvalue weighted by Crippen LogP contribution is -2.15. The van der Waals surface area contributed by atoms with Gasteiger partial charge in [-0.2, -0.15) is 0 Å². The number of carbonyl (C=O) groups is 1. The number of ether oxygens (including phenoxy) is 1. The van der Waals surface area contributed by atoms with Gasteiger partial charge in [0.1, 0.15) is 5.75 Å². The summed E-state index contributed by atoms with van der Waals surface area (Å²) in [6.07, 6.45) is 1.07. The normalized spacial score (nSPS) is 11.2. The highest BCUT2D eigenvalue weighted by Gasteiger charge is 2.18. The van der Waals surface area contributed by atoms with Gasteiger partial charge in [0, 0.05) is 11.1 Å². The van der Waals surface area contributed by atoms with Gasteiger partial charge in [-0.15, -0.1) is 0 Å². The summed E-state index contributed by atoms with van der Waals surface area (Å²) in [4.78, 5) is 12.5. The molecule has 0 heterocycles. The molecule has 0 radical (unpaired) electrons. The van der Waals surface area contributed by atoms with Crippen molar-refractivity contribution in [3.05, 3.63) is 65.2 Å². The second kappa shape index (κ2) is 6.13. The molecule has 0 saturated carbocycles. The van der Waals surface area contributed by atoms with E-state index in [4.69, 9.17) is 4.74 Å². The molecule has 0 aliphatic rings. The zero-order chi connectivity index (χ0) is 15.5. The van der Waals surface area contributed by atoms with Crippen LogP contribution in [0, 0.1) is 0 Å². The first-order valence-corrected chi connectivity index (χ1v) is 7.27. The number of benzene rings is 2. The Morgan fingerprint density at radius 2 is 1.71 bits per heavy atom. The minimum absolute atomic E-state index is 0.0229. The van der Waals surface area contributed by atoms with E-state index in [9.17, 15) is 4.79 Å². The van der Waals surface area contributed by atoms with Crippen molar-refractivity contribution in [2.24, 2.45) is 0 Å². The number of carbonyl (C=O) groups excluding carboxylic acids is 1. The molecule has 0 N–H and O–H groups in total. The summed E-state index contributed by atoms with van der Waals surface area (Å²) in [5.41, 5.74) is 2.75. The van der Waals surface area contributed by atoms with Gasteiger partial charge in [-0.1, -0.05) is 57.2 Å². The van der Waals surface area contributed by atoms with E-state index in [0.29, 0.717) is 16.9 Å². The third-order valence-electron chi connectivity index (χ3n) is 4.14. The monoisotopic (exact) mass is 282 g/mol. The molecule has 2 heteroatoms. The van der Waals surface area contributed by atoms with Crippen LogP contribution >= 0.6 is 0 Å². The summed E-state index contributed by atoms with van der Waals surface area (Å²) in [5.74, 6) is 0.722. The molecule has 2 nitrogen and oxygen atoms in total. The molecule has 0 bridgehead atoms. The van der Waals surface area contributed by atoms with Gasteiger partial charge in [0.15, 0.2) is 5.78 Å². The van der Waals surface area contributed by atoms with Gasteiger partial charge < -0.3 is 4.74 Å². The quantitative estimate of drug-likeness (QED) is 0.748. The lowest BCUT2D eigenvalue weighted by Gasteiger charge is -2.23. The van der Waals surface area contributed by atoms with Crippen LogP contribution in [0.15, 0.2) is 48.5 Å². The first kappa shape index (κ1) is 15.3. The zero-order valence-electron chi connectivity index (χ0n) is 13.1. The molecule has 0 fully saturated rings. The Bertz CT molecular complexity index is 624.